The quantitative estimate of drug-likeness (QED) is 0.736. The Morgan fingerprint density at radius 1 is 1.28 bits per heavy atom. The first-order chi connectivity index (χ1) is 11.9. The Balaban J connectivity index is 1.77. The Hall–Kier alpha value is -1.93. The highest BCUT2D eigenvalue weighted by molar-refractivity contribution is 7.13. The minimum atomic E-state index is -0.465. The van der Waals surface area contributed by atoms with Crippen molar-refractivity contribution in [3.05, 3.63) is 21.9 Å². The Bertz CT molecular complexity index is 623. The maximum atomic E-state index is 12.2. The van der Waals surface area contributed by atoms with Crippen molar-refractivity contribution in [2.75, 3.05) is 19.6 Å². The van der Waals surface area contributed by atoms with Crippen LogP contribution < -0.4 is 16.0 Å². The SMILES string of the molecule is CCNC(=O)NC(=O)[C@@H](C)N1CCC(NC(=O)c2ccc(C)s2)CC1. The molecular formula is C17H26N4O3S. The summed E-state index contributed by atoms with van der Waals surface area (Å²) in [6.45, 7) is 7.46. The molecule has 1 saturated heterocycles. The second-order valence-electron chi connectivity index (χ2n) is 6.22. The van der Waals surface area contributed by atoms with Gasteiger partial charge >= 0.3 is 6.03 Å². The molecule has 3 N–H and O–H groups in total. The number of likely N-dealkylation sites (tertiary alicyclic amines) is 1. The molecule has 0 aliphatic carbocycles. The van der Waals surface area contributed by atoms with E-state index in [9.17, 15) is 14.4 Å². The van der Waals surface area contributed by atoms with E-state index in [0.29, 0.717) is 19.6 Å². The fourth-order valence-electron chi connectivity index (χ4n) is 2.83. The number of hydrogen-bond donors (Lipinski definition) is 3. The van der Waals surface area contributed by atoms with Crippen LogP contribution in [0.1, 0.15) is 41.2 Å². The number of imide groups is 1. The van der Waals surface area contributed by atoms with E-state index in [-0.39, 0.29) is 23.9 Å². The van der Waals surface area contributed by atoms with Gasteiger partial charge in [-0.15, -0.1) is 11.3 Å². The van der Waals surface area contributed by atoms with E-state index in [4.69, 9.17) is 0 Å². The number of rotatable bonds is 5. The van der Waals surface area contributed by atoms with Gasteiger partial charge in [0, 0.05) is 30.6 Å². The third kappa shape index (κ3) is 5.54. The lowest BCUT2D eigenvalue weighted by Gasteiger charge is -2.35. The van der Waals surface area contributed by atoms with E-state index in [1.807, 2.05) is 24.0 Å². The lowest BCUT2D eigenvalue weighted by Crippen LogP contribution is -2.53. The third-order valence-electron chi connectivity index (χ3n) is 4.33. The molecule has 1 atom stereocenters. The number of nitrogens with zero attached hydrogens (tertiary/aromatic N) is 1. The number of aryl methyl sites for hydroxylation is 1. The molecule has 7 nitrogen and oxygen atoms in total. The van der Waals surface area contributed by atoms with Crippen molar-refractivity contribution in [1.29, 1.82) is 0 Å². The van der Waals surface area contributed by atoms with Crippen LogP contribution in [0.15, 0.2) is 12.1 Å². The van der Waals surface area contributed by atoms with Gasteiger partial charge in [-0.05, 0) is 45.7 Å². The minimum absolute atomic E-state index is 0.0291. The van der Waals surface area contributed by atoms with Crippen LogP contribution in [-0.2, 0) is 4.79 Å². The Labute approximate surface area is 152 Å². The van der Waals surface area contributed by atoms with E-state index >= 15 is 0 Å². The fraction of sp³-hybridized carbons (Fsp3) is 0.588. The van der Waals surface area contributed by atoms with Crippen molar-refractivity contribution in [3.63, 3.8) is 0 Å². The summed E-state index contributed by atoms with van der Waals surface area (Å²) in [6, 6.07) is 3.06. The predicted octanol–water partition coefficient (Wildman–Crippen LogP) is 1.48. The molecule has 4 amide bonds. The minimum Gasteiger partial charge on any atom is -0.349 e. The highest BCUT2D eigenvalue weighted by atomic mass is 32.1. The third-order valence-corrected chi connectivity index (χ3v) is 5.33. The highest BCUT2D eigenvalue weighted by Gasteiger charge is 2.28. The molecule has 0 spiro atoms. The molecule has 0 saturated carbocycles. The van der Waals surface area contributed by atoms with Crippen molar-refractivity contribution >= 4 is 29.2 Å². The van der Waals surface area contributed by atoms with Gasteiger partial charge in [-0.3, -0.25) is 19.8 Å². The van der Waals surface area contributed by atoms with Crippen molar-refractivity contribution < 1.29 is 14.4 Å². The lowest BCUT2D eigenvalue weighted by atomic mass is 10.0. The molecule has 0 bridgehead atoms. The topological polar surface area (TPSA) is 90.5 Å². The molecular weight excluding hydrogens is 340 g/mol. The van der Waals surface area contributed by atoms with Gasteiger partial charge in [0.2, 0.25) is 5.91 Å². The van der Waals surface area contributed by atoms with Crippen molar-refractivity contribution in [2.45, 2.75) is 45.7 Å². The summed E-state index contributed by atoms with van der Waals surface area (Å²) in [7, 11) is 0. The van der Waals surface area contributed by atoms with E-state index in [1.54, 1.807) is 13.8 Å². The number of hydrogen-bond acceptors (Lipinski definition) is 5. The van der Waals surface area contributed by atoms with Crippen molar-refractivity contribution in [1.82, 2.24) is 20.9 Å². The van der Waals surface area contributed by atoms with Crippen LogP contribution in [-0.4, -0.2) is 54.5 Å². The van der Waals surface area contributed by atoms with Gasteiger partial charge in [0.1, 0.15) is 0 Å². The number of carbonyl (C=O) groups excluding carboxylic acids is 3. The average Bonchev–Trinajstić information content (AvgIpc) is 3.01. The van der Waals surface area contributed by atoms with Gasteiger partial charge in [-0.1, -0.05) is 0 Å². The Morgan fingerprint density at radius 2 is 1.96 bits per heavy atom. The zero-order chi connectivity index (χ0) is 18.4. The molecule has 25 heavy (non-hydrogen) atoms. The standard InChI is InChI=1S/C17H26N4O3S/c1-4-18-17(24)20-15(22)12(3)21-9-7-13(8-10-21)19-16(23)14-6-5-11(2)25-14/h5-6,12-13H,4,7-10H2,1-3H3,(H,19,23)(H2,18,20,22,24)/t12-/m1/s1. The molecule has 0 unspecified atom stereocenters. The van der Waals surface area contributed by atoms with E-state index in [2.05, 4.69) is 16.0 Å². The predicted molar refractivity (Wildman–Crippen MR) is 97.8 cm³/mol. The zero-order valence-electron chi connectivity index (χ0n) is 14.9. The first kappa shape index (κ1) is 19.4. The second kappa shape index (κ2) is 8.96. The van der Waals surface area contributed by atoms with Crippen LogP contribution in [0, 0.1) is 6.92 Å². The lowest BCUT2D eigenvalue weighted by molar-refractivity contribution is -0.125. The first-order valence-corrected chi connectivity index (χ1v) is 9.42. The van der Waals surface area contributed by atoms with Crippen LogP contribution in [0.5, 0.6) is 0 Å². The summed E-state index contributed by atoms with van der Waals surface area (Å²) in [5.74, 6) is -0.332. The molecule has 1 aromatic heterocycles. The average molecular weight is 366 g/mol. The van der Waals surface area contributed by atoms with Gasteiger partial charge in [0.15, 0.2) is 0 Å². The molecule has 0 aromatic carbocycles. The molecule has 1 aromatic rings. The molecule has 2 heterocycles. The second-order valence-corrected chi connectivity index (χ2v) is 7.51. The summed E-state index contributed by atoms with van der Waals surface area (Å²) < 4.78 is 0. The summed E-state index contributed by atoms with van der Waals surface area (Å²) >= 11 is 1.49. The van der Waals surface area contributed by atoms with Crippen LogP contribution in [0.3, 0.4) is 0 Å². The normalized spacial score (nSPS) is 16.9. The van der Waals surface area contributed by atoms with Crippen LogP contribution in [0.2, 0.25) is 0 Å². The largest absolute Gasteiger partial charge is 0.349 e. The number of nitrogens with one attached hydrogen (secondary N) is 3. The van der Waals surface area contributed by atoms with E-state index in [0.717, 1.165) is 22.6 Å². The van der Waals surface area contributed by atoms with E-state index < -0.39 is 6.03 Å². The maximum absolute atomic E-state index is 12.2. The molecule has 1 aliphatic heterocycles. The van der Waals surface area contributed by atoms with Crippen molar-refractivity contribution in [3.8, 4) is 0 Å². The number of carbonyl (C=O) groups is 3. The number of piperidine rings is 1. The number of thiophene rings is 1. The number of urea groups is 1. The molecule has 138 valence electrons. The van der Waals surface area contributed by atoms with Gasteiger partial charge in [0.25, 0.3) is 5.91 Å². The van der Waals surface area contributed by atoms with Crippen molar-refractivity contribution in [2.24, 2.45) is 0 Å². The molecule has 0 radical (unpaired) electrons. The molecule has 8 heteroatoms. The smallest absolute Gasteiger partial charge is 0.321 e. The summed E-state index contributed by atoms with van der Waals surface area (Å²) in [5.41, 5.74) is 0. The fourth-order valence-corrected chi connectivity index (χ4v) is 3.60. The monoisotopic (exact) mass is 366 g/mol. The van der Waals surface area contributed by atoms with Gasteiger partial charge in [0.05, 0.1) is 10.9 Å². The maximum Gasteiger partial charge on any atom is 0.321 e. The zero-order valence-corrected chi connectivity index (χ0v) is 15.7. The van der Waals surface area contributed by atoms with E-state index in [1.165, 1.54) is 11.3 Å². The summed E-state index contributed by atoms with van der Waals surface area (Å²) in [6.07, 6.45) is 1.57. The molecule has 2 rings (SSSR count). The van der Waals surface area contributed by atoms with Crippen LogP contribution in [0.25, 0.3) is 0 Å². The first-order valence-electron chi connectivity index (χ1n) is 8.60. The number of amides is 4. The summed E-state index contributed by atoms with van der Waals surface area (Å²) in [4.78, 5) is 39.6. The van der Waals surface area contributed by atoms with Gasteiger partial charge < -0.3 is 10.6 Å². The van der Waals surface area contributed by atoms with Gasteiger partial charge in [-0.25, -0.2) is 4.79 Å². The molecule has 1 aliphatic rings. The van der Waals surface area contributed by atoms with Crippen LogP contribution >= 0.6 is 11.3 Å². The Morgan fingerprint density at radius 3 is 2.52 bits per heavy atom. The van der Waals surface area contributed by atoms with Crippen LogP contribution in [0.4, 0.5) is 4.79 Å². The highest BCUT2D eigenvalue weighted by Crippen LogP contribution is 2.17. The summed E-state index contributed by atoms with van der Waals surface area (Å²) in [5, 5.41) is 7.96. The Kier molecular flexibility index (Phi) is 6.95. The van der Waals surface area contributed by atoms with Gasteiger partial charge in [-0.2, -0.15) is 0 Å². The molecule has 1 fully saturated rings.